The van der Waals surface area contributed by atoms with Crippen molar-refractivity contribution in [2.45, 2.75) is 51.0 Å². The first kappa shape index (κ1) is 20.3. The molecule has 2 aromatic rings. The average molecular weight is 397 g/mol. The molecule has 0 aromatic heterocycles. The van der Waals surface area contributed by atoms with Crippen LogP contribution in [0.25, 0.3) is 0 Å². The van der Waals surface area contributed by atoms with Crippen molar-refractivity contribution in [3.05, 3.63) is 77.9 Å². The van der Waals surface area contributed by atoms with Gasteiger partial charge in [0.15, 0.2) is 0 Å². The molecule has 0 N–H and O–H groups in total. The van der Waals surface area contributed by atoms with Gasteiger partial charge in [0.1, 0.15) is 0 Å². The van der Waals surface area contributed by atoms with Crippen LogP contribution in [0.5, 0.6) is 0 Å². The van der Waals surface area contributed by atoms with Crippen molar-refractivity contribution < 1.29 is 8.42 Å². The summed E-state index contributed by atoms with van der Waals surface area (Å²) in [6, 6.07) is 15.0. The highest BCUT2D eigenvalue weighted by Gasteiger charge is 2.49. The van der Waals surface area contributed by atoms with Crippen LogP contribution in [-0.2, 0) is 10.0 Å². The molecule has 0 radical (unpaired) electrons. The topological polar surface area (TPSA) is 49.7 Å². The molecule has 0 aliphatic carbocycles. The predicted molar refractivity (Wildman–Crippen MR) is 115 cm³/mol. The molecule has 0 spiro atoms. The van der Waals surface area contributed by atoms with Crippen molar-refractivity contribution in [3.63, 3.8) is 0 Å². The Hall–Kier alpha value is -2.40. The fourth-order valence-electron chi connectivity index (χ4n) is 3.84. The lowest BCUT2D eigenvalue weighted by Crippen LogP contribution is -2.48. The molecule has 0 saturated heterocycles. The highest BCUT2D eigenvalue weighted by molar-refractivity contribution is 7.89. The van der Waals surface area contributed by atoms with Crippen molar-refractivity contribution in [1.82, 2.24) is 4.41 Å². The Morgan fingerprint density at radius 3 is 2.14 bits per heavy atom. The van der Waals surface area contributed by atoms with Crippen molar-refractivity contribution in [2.24, 2.45) is 11.0 Å². The van der Waals surface area contributed by atoms with Gasteiger partial charge < -0.3 is 0 Å². The normalized spacial score (nSPS) is 20.7. The zero-order valence-electron chi connectivity index (χ0n) is 17.0. The Bertz CT molecular complexity index is 992. The Morgan fingerprint density at radius 2 is 1.64 bits per heavy atom. The van der Waals surface area contributed by atoms with Gasteiger partial charge in [-0.2, -0.15) is 17.9 Å². The van der Waals surface area contributed by atoms with E-state index in [2.05, 4.69) is 18.6 Å². The lowest BCUT2D eigenvalue weighted by atomic mass is 9.80. The van der Waals surface area contributed by atoms with Crippen LogP contribution in [0.15, 0.2) is 71.2 Å². The standard InChI is InChI=1S/C23H28N2O2S/c1-6-20(7-2)23(5)16-22(19-12-8-17(3)9-13-19)24-25(23)28(26,27)21-14-10-18(4)11-15-21/h6,8-15,20H,1,7,16H2,2-5H3/t20-,23+/m0/s1. The van der Waals surface area contributed by atoms with Gasteiger partial charge in [-0.3, -0.25) is 0 Å². The number of sulfonamides is 1. The molecule has 0 amide bonds. The summed E-state index contributed by atoms with van der Waals surface area (Å²) in [7, 11) is -3.78. The van der Waals surface area contributed by atoms with Crippen molar-refractivity contribution in [2.75, 3.05) is 0 Å². The van der Waals surface area contributed by atoms with Gasteiger partial charge in [0.05, 0.1) is 16.1 Å². The third kappa shape index (κ3) is 3.51. The molecule has 3 rings (SSSR count). The second kappa shape index (κ2) is 7.55. The van der Waals surface area contributed by atoms with Gasteiger partial charge in [-0.05, 0) is 44.9 Å². The van der Waals surface area contributed by atoms with E-state index in [1.807, 2.05) is 63.2 Å². The van der Waals surface area contributed by atoms with Crippen LogP contribution in [0, 0.1) is 19.8 Å². The van der Waals surface area contributed by atoms with Gasteiger partial charge in [0.2, 0.25) is 0 Å². The second-order valence-corrected chi connectivity index (χ2v) is 9.53. The molecular formula is C23H28N2O2S. The molecule has 5 heteroatoms. The number of hydrazone groups is 1. The summed E-state index contributed by atoms with van der Waals surface area (Å²) in [6.45, 7) is 12.0. The summed E-state index contributed by atoms with van der Waals surface area (Å²) < 4.78 is 28.4. The van der Waals surface area contributed by atoms with Crippen LogP contribution in [0.3, 0.4) is 0 Å². The lowest BCUT2D eigenvalue weighted by molar-refractivity contribution is 0.179. The Kier molecular flexibility index (Phi) is 5.48. The third-order valence-corrected chi connectivity index (χ3v) is 7.45. The Morgan fingerprint density at radius 1 is 1.11 bits per heavy atom. The molecule has 2 aromatic carbocycles. The van der Waals surface area contributed by atoms with Crippen LogP contribution < -0.4 is 0 Å². The molecule has 1 aliphatic heterocycles. The van der Waals surface area contributed by atoms with Gasteiger partial charge in [-0.25, -0.2) is 0 Å². The van der Waals surface area contributed by atoms with Crippen molar-refractivity contribution in [3.8, 4) is 0 Å². The number of hydrogen-bond donors (Lipinski definition) is 0. The molecule has 1 aliphatic rings. The maximum absolute atomic E-state index is 13.5. The fourth-order valence-corrected chi connectivity index (χ4v) is 5.48. The van der Waals surface area contributed by atoms with Gasteiger partial charge in [0.25, 0.3) is 10.0 Å². The van der Waals surface area contributed by atoms with Crippen LogP contribution >= 0.6 is 0 Å². The zero-order chi connectivity index (χ0) is 20.5. The Balaban J connectivity index is 2.12. The highest BCUT2D eigenvalue weighted by Crippen LogP contribution is 2.41. The number of benzene rings is 2. The number of hydrogen-bond acceptors (Lipinski definition) is 3. The fraction of sp³-hybridized carbons (Fsp3) is 0.348. The van der Waals surface area contributed by atoms with E-state index in [4.69, 9.17) is 0 Å². The summed E-state index contributed by atoms with van der Waals surface area (Å²) in [5, 5.41) is 4.64. The summed E-state index contributed by atoms with van der Waals surface area (Å²) in [6.07, 6.45) is 3.19. The monoisotopic (exact) mass is 396 g/mol. The first-order valence-electron chi connectivity index (χ1n) is 9.61. The molecule has 28 heavy (non-hydrogen) atoms. The summed E-state index contributed by atoms with van der Waals surface area (Å²) in [4.78, 5) is 0.261. The molecule has 0 saturated carbocycles. The zero-order valence-corrected chi connectivity index (χ0v) is 17.8. The van der Waals surface area contributed by atoms with Gasteiger partial charge in [-0.1, -0.05) is 60.5 Å². The Labute approximate surface area is 168 Å². The van der Waals surface area contributed by atoms with Crippen LogP contribution in [-0.4, -0.2) is 24.1 Å². The van der Waals surface area contributed by atoms with E-state index >= 15 is 0 Å². The van der Waals surface area contributed by atoms with E-state index in [0.717, 1.165) is 28.8 Å². The quantitative estimate of drug-likeness (QED) is 0.640. The average Bonchev–Trinajstić information content (AvgIpc) is 3.03. The molecule has 2 atom stereocenters. The number of rotatable bonds is 6. The van der Waals surface area contributed by atoms with E-state index in [1.165, 1.54) is 4.41 Å². The highest BCUT2D eigenvalue weighted by atomic mass is 32.2. The van der Waals surface area contributed by atoms with Crippen molar-refractivity contribution in [1.29, 1.82) is 0 Å². The number of aryl methyl sites for hydroxylation is 2. The van der Waals surface area contributed by atoms with Crippen LogP contribution in [0.2, 0.25) is 0 Å². The first-order chi connectivity index (χ1) is 13.2. The molecular weight excluding hydrogens is 368 g/mol. The van der Waals surface area contributed by atoms with E-state index < -0.39 is 15.6 Å². The number of nitrogens with zero attached hydrogens (tertiary/aromatic N) is 2. The third-order valence-electron chi connectivity index (χ3n) is 5.63. The maximum atomic E-state index is 13.5. The van der Waals surface area contributed by atoms with E-state index in [1.54, 1.807) is 12.1 Å². The molecule has 0 bridgehead atoms. The largest absolute Gasteiger partial charge is 0.279 e. The van der Waals surface area contributed by atoms with Crippen molar-refractivity contribution >= 4 is 15.7 Å². The SMILES string of the molecule is C=C[C@@H](CC)[C@@]1(C)CC(c2ccc(C)cc2)=NN1S(=O)(=O)c1ccc(C)cc1. The smallest absolute Gasteiger partial charge is 0.200 e. The molecule has 4 nitrogen and oxygen atoms in total. The van der Waals surface area contributed by atoms with Gasteiger partial charge in [0, 0.05) is 12.3 Å². The predicted octanol–water partition coefficient (Wildman–Crippen LogP) is 5.07. The minimum Gasteiger partial charge on any atom is -0.200 e. The molecule has 0 unspecified atom stereocenters. The maximum Gasteiger partial charge on any atom is 0.279 e. The lowest BCUT2D eigenvalue weighted by Gasteiger charge is -2.38. The van der Waals surface area contributed by atoms with Crippen LogP contribution in [0.4, 0.5) is 0 Å². The summed E-state index contributed by atoms with van der Waals surface area (Å²) >= 11 is 0. The first-order valence-corrected chi connectivity index (χ1v) is 11.1. The molecule has 1 heterocycles. The summed E-state index contributed by atoms with van der Waals surface area (Å²) in [5.74, 6) is -0.0144. The van der Waals surface area contributed by atoms with Gasteiger partial charge in [-0.15, -0.1) is 6.58 Å². The van der Waals surface area contributed by atoms with E-state index in [-0.39, 0.29) is 10.8 Å². The molecule has 0 fully saturated rings. The molecule has 148 valence electrons. The second-order valence-electron chi connectivity index (χ2n) is 7.76. The minimum absolute atomic E-state index is 0.0144. The van der Waals surface area contributed by atoms with E-state index in [9.17, 15) is 8.42 Å². The summed E-state index contributed by atoms with van der Waals surface area (Å²) in [5.41, 5.74) is 3.23. The van der Waals surface area contributed by atoms with E-state index in [0.29, 0.717) is 6.42 Å². The minimum atomic E-state index is -3.78. The van der Waals surface area contributed by atoms with Gasteiger partial charge >= 0.3 is 0 Å². The van der Waals surface area contributed by atoms with Crippen LogP contribution in [0.1, 0.15) is 43.4 Å².